The first-order chi connectivity index (χ1) is 10.1. The molecule has 5 heteroatoms. The zero-order chi connectivity index (χ0) is 15.2. The lowest BCUT2D eigenvalue weighted by atomic mass is 10.1. The van der Waals surface area contributed by atoms with Gasteiger partial charge >= 0.3 is 0 Å². The molecule has 0 atom stereocenters. The van der Waals surface area contributed by atoms with E-state index in [0.717, 1.165) is 47.3 Å². The van der Waals surface area contributed by atoms with Gasteiger partial charge in [0.15, 0.2) is 0 Å². The number of ether oxygens (including phenoxy) is 1. The highest BCUT2D eigenvalue weighted by molar-refractivity contribution is 9.10. The van der Waals surface area contributed by atoms with Crippen molar-refractivity contribution in [3.05, 3.63) is 28.5 Å². The fourth-order valence-corrected chi connectivity index (χ4v) is 2.77. The number of benzene rings is 1. The van der Waals surface area contributed by atoms with E-state index in [1.165, 1.54) is 0 Å². The fraction of sp³-hybridized carbons (Fsp3) is 0.562. The molecule has 0 radical (unpaired) electrons. The molecule has 1 heterocycles. The minimum atomic E-state index is 0.582. The van der Waals surface area contributed by atoms with E-state index in [2.05, 4.69) is 45.4 Å². The van der Waals surface area contributed by atoms with Crippen LogP contribution in [0.15, 0.2) is 22.7 Å². The maximum atomic E-state index is 5.89. The SMILES string of the molecule is CC(C)CCOCCn1c(CCCl)nc2cc(Br)ccc21. The molecular weight excluding hydrogens is 352 g/mol. The van der Waals surface area contributed by atoms with Gasteiger partial charge in [-0.3, -0.25) is 0 Å². The van der Waals surface area contributed by atoms with Crippen LogP contribution in [0.3, 0.4) is 0 Å². The zero-order valence-corrected chi connectivity index (χ0v) is 15.0. The Hall–Kier alpha value is -0.580. The molecule has 0 unspecified atom stereocenters. The Balaban J connectivity index is 2.07. The molecule has 1 aromatic heterocycles. The molecule has 0 fully saturated rings. The van der Waals surface area contributed by atoms with Crippen LogP contribution in [0.1, 0.15) is 26.1 Å². The number of hydrogen-bond donors (Lipinski definition) is 0. The fourth-order valence-electron chi connectivity index (χ4n) is 2.25. The molecule has 2 aromatic rings. The average molecular weight is 374 g/mol. The van der Waals surface area contributed by atoms with Crippen LogP contribution < -0.4 is 0 Å². The van der Waals surface area contributed by atoms with Gasteiger partial charge < -0.3 is 9.30 Å². The van der Waals surface area contributed by atoms with E-state index < -0.39 is 0 Å². The summed E-state index contributed by atoms with van der Waals surface area (Å²) < 4.78 is 9.00. The molecule has 116 valence electrons. The van der Waals surface area contributed by atoms with Gasteiger partial charge in [0, 0.05) is 29.9 Å². The monoisotopic (exact) mass is 372 g/mol. The first-order valence-corrected chi connectivity index (χ1v) is 8.73. The Morgan fingerprint density at radius 1 is 1.33 bits per heavy atom. The highest BCUT2D eigenvalue weighted by Gasteiger charge is 2.10. The van der Waals surface area contributed by atoms with E-state index in [0.29, 0.717) is 18.4 Å². The minimum Gasteiger partial charge on any atom is -0.380 e. The molecule has 3 nitrogen and oxygen atoms in total. The second kappa shape index (κ2) is 8.16. The molecule has 0 aliphatic carbocycles. The summed E-state index contributed by atoms with van der Waals surface area (Å²) >= 11 is 9.38. The van der Waals surface area contributed by atoms with Gasteiger partial charge in [0.05, 0.1) is 17.6 Å². The number of aryl methyl sites for hydroxylation is 1. The molecular formula is C16H22BrClN2O. The third-order valence-corrected chi connectivity index (χ3v) is 4.09. The summed E-state index contributed by atoms with van der Waals surface area (Å²) in [6, 6.07) is 6.19. The first kappa shape index (κ1) is 16.8. The second-order valence-corrected chi connectivity index (χ2v) is 6.84. The molecule has 0 aliphatic rings. The lowest BCUT2D eigenvalue weighted by Gasteiger charge is -2.10. The van der Waals surface area contributed by atoms with Crippen LogP contribution in [0.5, 0.6) is 0 Å². The minimum absolute atomic E-state index is 0.582. The topological polar surface area (TPSA) is 27.1 Å². The standard InChI is InChI=1S/C16H22BrClN2O/c1-12(2)6-9-21-10-8-20-15-4-3-13(17)11-14(15)19-16(20)5-7-18/h3-4,11-12H,5-10H2,1-2H3. The van der Waals surface area contributed by atoms with Gasteiger partial charge in [-0.15, -0.1) is 11.6 Å². The maximum Gasteiger partial charge on any atom is 0.111 e. The zero-order valence-electron chi connectivity index (χ0n) is 12.6. The van der Waals surface area contributed by atoms with Gasteiger partial charge in [-0.05, 0) is 30.5 Å². The molecule has 0 saturated carbocycles. The second-order valence-electron chi connectivity index (χ2n) is 5.55. The number of fused-ring (bicyclic) bond motifs is 1. The number of alkyl halides is 1. The Bertz CT molecular complexity index is 583. The molecule has 2 rings (SSSR count). The van der Waals surface area contributed by atoms with Crippen LogP contribution in [0.2, 0.25) is 0 Å². The van der Waals surface area contributed by atoms with Gasteiger partial charge in [-0.2, -0.15) is 0 Å². The number of imidazole rings is 1. The van der Waals surface area contributed by atoms with Crippen molar-refractivity contribution >= 4 is 38.6 Å². The van der Waals surface area contributed by atoms with Crippen molar-refractivity contribution < 1.29 is 4.74 Å². The van der Waals surface area contributed by atoms with Crippen molar-refractivity contribution in [2.45, 2.75) is 33.2 Å². The van der Waals surface area contributed by atoms with E-state index in [9.17, 15) is 0 Å². The summed E-state index contributed by atoms with van der Waals surface area (Å²) in [5, 5.41) is 0. The molecule has 21 heavy (non-hydrogen) atoms. The number of aromatic nitrogens is 2. The van der Waals surface area contributed by atoms with Crippen LogP contribution >= 0.6 is 27.5 Å². The molecule has 0 amide bonds. The number of halogens is 2. The largest absolute Gasteiger partial charge is 0.380 e. The first-order valence-electron chi connectivity index (χ1n) is 7.40. The van der Waals surface area contributed by atoms with Crippen molar-refractivity contribution in [1.82, 2.24) is 9.55 Å². The van der Waals surface area contributed by atoms with Crippen LogP contribution in [-0.2, 0) is 17.7 Å². The Morgan fingerprint density at radius 2 is 2.14 bits per heavy atom. The predicted octanol–water partition coefficient (Wildman–Crippen LogP) is 4.64. The Labute approximate surface area is 139 Å². The van der Waals surface area contributed by atoms with Crippen LogP contribution in [-0.4, -0.2) is 28.6 Å². The van der Waals surface area contributed by atoms with Crippen molar-refractivity contribution in [2.75, 3.05) is 19.1 Å². The predicted molar refractivity (Wildman–Crippen MR) is 92.1 cm³/mol. The van der Waals surface area contributed by atoms with Crippen molar-refractivity contribution in [3.63, 3.8) is 0 Å². The van der Waals surface area contributed by atoms with Crippen LogP contribution in [0, 0.1) is 5.92 Å². The normalized spacial score (nSPS) is 11.7. The molecule has 0 bridgehead atoms. The third-order valence-electron chi connectivity index (χ3n) is 3.41. The number of nitrogens with zero attached hydrogens (tertiary/aromatic N) is 2. The van der Waals surface area contributed by atoms with E-state index in [4.69, 9.17) is 16.3 Å². The summed E-state index contributed by atoms with van der Waals surface area (Å²) in [4.78, 5) is 4.68. The molecule has 0 aliphatic heterocycles. The van der Waals surface area contributed by atoms with Gasteiger partial charge in [0.2, 0.25) is 0 Å². The van der Waals surface area contributed by atoms with E-state index in [1.54, 1.807) is 0 Å². The third kappa shape index (κ3) is 4.70. The number of hydrogen-bond acceptors (Lipinski definition) is 2. The highest BCUT2D eigenvalue weighted by Crippen LogP contribution is 2.21. The lowest BCUT2D eigenvalue weighted by Crippen LogP contribution is -2.11. The van der Waals surface area contributed by atoms with E-state index >= 15 is 0 Å². The summed E-state index contributed by atoms with van der Waals surface area (Å²) in [5.74, 6) is 2.30. The van der Waals surface area contributed by atoms with E-state index in [1.807, 2.05) is 12.1 Å². The maximum absolute atomic E-state index is 5.89. The lowest BCUT2D eigenvalue weighted by molar-refractivity contribution is 0.116. The van der Waals surface area contributed by atoms with Gasteiger partial charge in [-0.25, -0.2) is 4.98 Å². The van der Waals surface area contributed by atoms with Crippen molar-refractivity contribution in [3.8, 4) is 0 Å². The number of rotatable bonds is 8. The van der Waals surface area contributed by atoms with Crippen LogP contribution in [0.4, 0.5) is 0 Å². The van der Waals surface area contributed by atoms with E-state index in [-0.39, 0.29) is 0 Å². The summed E-state index contributed by atoms with van der Waals surface area (Å²) in [7, 11) is 0. The van der Waals surface area contributed by atoms with Crippen molar-refractivity contribution in [1.29, 1.82) is 0 Å². The van der Waals surface area contributed by atoms with Crippen molar-refractivity contribution in [2.24, 2.45) is 5.92 Å². The van der Waals surface area contributed by atoms with Crippen LogP contribution in [0.25, 0.3) is 11.0 Å². The van der Waals surface area contributed by atoms with Gasteiger partial charge in [0.25, 0.3) is 0 Å². The van der Waals surface area contributed by atoms with Gasteiger partial charge in [-0.1, -0.05) is 29.8 Å². The Kier molecular flexibility index (Phi) is 6.52. The Morgan fingerprint density at radius 3 is 2.86 bits per heavy atom. The quantitative estimate of drug-likeness (QED) is 0.498. The molecule has 1 aromatic carbocycles. The summed E-state index contributed by atoms with van der Waals surface area (Å²) in [6.45, 7) is 6.78. The highest BCUT2D eigenvalue weighted by atomic mass is 79.9. The molecule has 0 spiro atoms. The summed E-state index contributed by atoms with van der Waals surface area (Å²) in [6.07, 6.45) is 1.88. The summed E-state index contributed by atoms with van der Waals surface area (Å²) in [5.41, 5.74) is 2.15. The molecule has 0 saturated heterocycles. The molecule has 0 N–H and O–H groups in total. The smallest absolute Gasteiger partial charge is 0.111 e. The van der Waals surface area contributed by atoms with Gasteiger partial charge in [0.1, 0.15) is 5.82 Å². The average Bonchev–Trinajstić information content (AvgIpc) is 2.75.